The fourth-order valence-electron chi connectivity index (χ4n) is 3.13. The SMILES string of the molecule is Cc1[nH]n(-c2c(F)c(F)c(C(F)(F)F)c(F)c2F)c(=O)c1C(=O)c1cc(C(F)(F)F)nc(C(F)(F)F)c1. The van der Waals surface area contributed by atoms with E-state index in [1.807, 2.05) is 0 Å². The number of benzene rings is 1. The summed E-state index contributed by atoms with van der Waals surface area (Å²) in [5.74, 6) is -13.4. The Morgan fingerprint density at radius 3 is 1.59 bits per heavy atom. The lowest BCUT2D eigenvalue weighted by molar-refractivity contribution is -0.150. The first kappa shape index (κ1) is 27.7. The van der Waals surface area contributed by atoms with Crippen molar-refractivity contribution in [1.82, 2.24) is 14.8 Å². The first-order valence-electron chi connectivity index (χ1n) is 9.14. The number of H-pyrrole nitrogens is 1. The molecule has 1 aromatic carbocycles. The number of rotatable bonds is 3. The van der Waals surface area contributed by atoms with Gasteiger partial charge in [0.2, 0.25) is 5.78 Å². The van der Waals surface area contributed by atoms with Crippen LogP contribution in [-0.2, 0) is 18.5 Å². The molecule has 0 bridgehead atoms. The van der Waals surface area contributed by atoms with Crippen LogP contribution in [0.25, 0.3) is 5.69 Å². The predicted molar refractivity (Wildman–Crippen MR) is 93.6 cm³/mol. The number of nitrogens with one attached hydrogen (secondary N) is 1. The highest BCUT2D eigenvalue weighted by Crippen LogP contribution is 2.38. The summed E-state index contributed by atoms with van der Waals surface area (Å²) in [6.07, 6.45) is -16.9. The largest absolute Gasteiger partial charge is 0.433 e. The second-order valence-electron chi connectivity index (χ2n) is 7.18. The Morgan fingerprint density at radius 2 is 1.22 bits per heavy atom. The van der Waals surface area contributed by atoms with E-state index in [4.69, 9.17) is 0 Å². The second kappa shape index (κ2) is 8.62. The monoisotopic (exact) mass is 555 g/mol. The molecule has 0 atom stereocenters. The third-order valence-electron chi connectivity index (χ3n) is 4.71. The van der Waals surface area contributed by atoms with Gasteiger partial charge in [-0.2, -0.15) is 39.5 Å². The molecule has 0 aliphatic heterocycles. The number of carbonyl (C=O) groups is 1. The molecule has 1 N–H and O–H groups in total. The van der Waals surface area contributed by atoms with Crippen LogP contribution < -0.4 is 5.56 Å². The molecule has 0 radical (unpaired) electrons. The van der Waals surface area contributed by atoms with E-state index in [-0.39, 0.29) is 12.1 Å². The van der Waals surface area contributed by atoms with Gasteiger partial charge < -0.3 is 0 Å². The number of ketones is 1. The van der Waals surface area contributed by atoms with Gasteiger partial charge in [0.25, 0.3) is 5.56 Å². The van der Waals surface area contributed by atoms with Crippen LogP contribution in [0.2, 0.25) is 0 Å². The molecular weight excluding hydrogens is 549 g/mol. The normalized spacial score (nSPS) is 12.8. The molecule has 3 rings (SSSR count). The topological polar surface area (TPSA) is 67.8 Å². The average Bonchev–Trinajstić information content (AvgIpc) is 3.03. The van der Waals surface area contributed by atoms with Gasteiger partial charge in [-0.15, -0.1) is 0 Å². The highest BCUT2D eigenvalue weighted by atomic mass is 19.4. The van der Waals surface area contributed by atoms with Crippen molar-refractivity contribution >= 4 is 5.78 Å². The van der Waals surface area contributed by atoms with Gasteiger partial charge in [0, 0.05) is 11.3 Å². The van der Waals surface area contributed by atoms with Gasteiger partial charge >= 0.3 is 18.5 Å². The van der Waals surface area contributed by atoms with Crippen molar-refractivity contribution in [2.24, 2.45) is 0 Å². The van der Waals surface area contributed by atoms with Crippen LogP contribution in [0.15, 0.2) is 16.9 Å². The van der Waals surface area contributed by atoms with Crippen LogP contribution in [0.4, 0.5) is 57.1 Å². The second-order valence-corrected chi connectivity index (χ2v) is 7.18. The Morgan fingerprint density at radius 1 is 0.784 bits per heavy atom. The lowest BCUT2D eigenvalue weighted by atomic mass is 10.0. The van der Waals surface area contributed by atoms with Gasteiger partial charge in [0.15, 0.2) is 23.3 Å². The first-order chi connectivity index (χ1) is 16.7. The Labute approximate surface area is 194 Å². The number of alkyl halides is 9. The first-order valence-corrected chi connectivity index (χ1v) is 9.14. The van der Waals surface area contributed by atoms with Crippen LogP contribution in [-0.4, -0.2) is 20.5 Å². The van der Waals surface area contributed by atoms with Gasteiger partial charge in [-0.1, -0.05) is 0 Å². The van der Waals surface area contributed by atoms with Crippen molar-refractivity contribution in [3.05, 3.63) is 79.5 Å². The van der Waals surface area contributed by atoms with Crippen LogP contribution >= 0.6 is 0 Å². The van der Waals surface area contributed by atoms with E-state index in [1.165, 1.54) is 0 Å². The van der Waals surface area contributed by atoms with Gasteiger partial charge in [0.05, 0.1) is 0 Å². The maximum Gasteiger partial charge on any atom is 0.433 e. The molecule has 0 unspecified atom stereocenters. The van der Waals surface area contributed by atoms with E-state index in [0.29, 0.717) is 0 Å². The van der Waals surface area contributed by atoms with E-state index in [9.17, 15) is 66.7 Å². The Hall–Kier alpha value is -3.86. The number of nitrogens with zero attached hydrogens (tertiary/aromatic N) is 2. The minimum atomic E-state index is -5.93. The predicted octanol–water partition coefficient (Wildman–Crippen LogP) is 5.71. The third kappa shape index (κ3) is 4.78. The maximum atomic E-state index is 14.3. The number of halogens is 13. The average molecular weight is 555 g/mol. The van der Waals surface area contributed by atoms with Gasteiger partial charge in [-0.3, -0.25) is 14.7 Å². The summed E-state index contributed by atoms with van der Waals surface area (Å²) in [5, 5.41) is 1.69. The van der Waals surface area contributed by atoms with Gasteiger partial charge in [0.1, 0.15) is 28.2 Å². The number of hydrogen-bond acceptors (Lipinski definition) is 3. The summed E-state index contributed by atoms with van der Waals surface area (Å²) in [5.41, 5.74) is -15.1. The molecule has 0 amide bonds. The lowest BCUT2D eigenvalue weighted by Gasteiger charge is -2.14. The zero-order valence-corrected chi connectivity index (χ0v) is 17.3. The van der Waals surface area contributed by atoms with Crippen molar-refractivity contribution < 1.29 is 61.9 Å². The Balaban J connectivity index is 2.28. The Bertz CT molecular complexity index is 1420. The Kier molecular flexibility index (Phi) is 6.46. The maximum absolute atomic E-state index is 14.3. The zero-order chi connectivity index (χ0) is 28.4. The number of carbonyl (C=O) groups excluding carboxylic acids is 1. The summed E-state index contributed by atoms with van der Waals surface area (Å²) in [6, 6.07) is -0.348. The zero-order valence-electron chi connectivity index (χ0n) is 17.3. The molecule has 2 heterocycles. The quantitative estimate of drug-likeness (QED) is 0.256. The van der Waals surface area contributed by atoms with E-state index >= 15 is 0 Å². The lowest BCUT2D eigenvalue weighted by Crippen LogP contribution is -2.25. The molecule has 5 nitrogen and oxygen atoms in total. The molecule has 0 aliphatic rings. The number of aromatic amines is 1. The molecule has 3 aromatic rings. The summed E-state index contributed by atoms with van der Waals surface area (Å²) in [7, 11) is 0. The van der Waals surface area contributed by atoms with Gasteiger partial charge in [-0.05, 0) is 19.1 Å². The summed E-state index contributed by atoms with van der Waals surface area (Å²) in [6.45, 7) is 0.744. The molecule has 0 saturated carbocycles. The van der Waals surface area contributed by atoms with E-state index < -0.39 is 97.3 Å². The number of aryl methyl sites for hydroxylation is 1. The van der Waals surface area contributed by atoms with Crippen LogP contribution in [0.5, 0.6) is 0 Å². The minimum Gasteiger partial charge on any atom is -0.294 e. The molecule has 37 heavy (non-hydrogen) atoms. The third-order valence-corrected chi connectivity index (χ3v) is 4.71. The number of aromatic nitrogens is 3. The summed E-state index contributed by atoms with van der Waals surface area (Å²) >= 11 is 0. The fourth-order valence-corrected chi connectivity index (χ4v) is 3.13. The molecule has 0 spiro atoms. The van der Waals surface area contributed by atoms with E-state index in [2.05, 4.69) is 4.98 Å². The van der Waals surface area contributed by atoms with Crippen molar-refractivity contribution in [2.45, 2.75) is 25.5 Å². The number of hydrogen-bond donors (Lipinski definition) is 1. The van der Waals surface area contributed by atoms with Crippen molar-refractivity contribution in [3.8, 4) is 5.69 Å². The molecule has 0 saturated heterocycles. The molecule has 200 valence electrons. The molecule has 0 aliphatic carbocycles. The van der Waals surface area contributed by atoms with Gasteiger partial charge in [-0.25, -0.2) is 27.2 Å². The molecule has 2 aromatic heterocycles. The van der Waals surface area contributed by atoms with Crippen LogP contribution in [0, 0.1) is 30.2 Å². The fraction of sp³-hybridized carbons (Fsp3) is 0.211. The van der Waals surface area contributed by atoms with Crippen LogP contribution in [0.3, 0.4) is 0 Å². The molecule has 0 fully saturated rings. The highest BCUT2D eigenvalue weighted by Gasteiger charge is 2.43. The summed E-state index contributed by atoms with van der Waals surface area (Å²) < 4.78 is 173. The van der Waals surface area contributed by atoms with Crippen molar-refractivity contribution in [2.75, 3.05) is 0 Å². The number of pyridine rings is 1. The molecule has 18 heteroatoms. The van der Waals surface area contributed by atoms with E-state index in [0.717, 1.165) is 6.92 Å². The standard InChI is InChI=1S/C19H6F13N3O2/c1-4-8(15(36)5-2-6(17(24,25)26)33-7(3-5)18(27,28)29)16(37)35(34-4)14-12(22)10(20)9(19(30,31)32)11(21)13(14)23/h2-3,34H,1H3. The minimum absolute atomic E-state index is 0.174. The highest BCUT2D eigenvalue weighted by molar-refractivity contribution is 6.09. The van der Waals surface area contributed by atoms with E-state index in [1.54, 1.807) is 5.10 Å². The van der Waals surface area contributed by atoms with Crippen molar-refractivity contribution in [1.29, 1.82) is 0 Å². The van der Waals surface area contributed by atoms with Crippen LogP contribution in [0.1, 0.15) is 38.6 Å². The van der Waals surface area contributed by atoms with Crippen molar-refractivity contribution in [3.63, 3.8) is 0 Å². The smallest absolute Gasteiger partial charge is 0.294 e. The summed E-state index contributed by atoms with van der Waals surface area (Å²) in [4.78, 5) is 27.7. The molecular formula is C19H6F13N3O2.